The van der Waals surface area contributed by atoms with Gasteiger partial charge in [-0.15, -0.1) is 0 Å². The molecule has 1 N–H and O–H groups in total. The van der Waals surface area contributed by atoms with Crippen LogP contribution < -0.4 is 10.1 Å². The zero-order valence-electron chi connectivity index (χ0n) is 10.6. The van der Waals surface area contributed by atoms with Crippen LogP contribution in [-0.4, -0.2) is 45.4 Å². The third-order valence-electron chi connectivity index (χ3n) is 2.96. The summed E-state index contributed by atoms with van der Waals surface area (Å²) in [7, 11) is -2.20. The minimum Gasteiger partial charge on any atom is -0.495 e. The number of ether oxygens (including phenoxy) is 1. The van der Waals surface area contributed by atoms with Crippen molar-refractivity contribution in [3.8, 4) is 5.75 Å². The molecule has 0 aliphatic carbocycles. The predicted molar refractivity (Wildman–Crippen MR) is 69.4 cm³/mol. The highest BCUT2D eigenvalue weighted by molar-refractivity contribution is 7.89. The van der Waals surface area contributed by atoms with Gasteiger partial charge in [0, 0.05) is 26.1 Å². The van der Waals surface area contributed by atoms with Gasteiger partial charge < -0.3 is 10.1 Å². The summed E-state index contributed by atoms with van der Waals surface area (Å²) in [5, 5.41) is 2.65. The number of rotatable bonds is 3. The first kappa shape index (κ1) is 13.8. The van der Waals surface area contributed by atoms with Crippen LogP contribution in [0.25, 0.3) is 0 Å². The van der Waals surface area contributed by atoms with Crippen molar-refractivity contribution in [1.29, 1.82) is 0 Å². The average Bonchev–Trinajstić information content (AvgIpc) is 2.64. The second kappa shape index (κ2) is 5.58. The summed E-state index contributed by atoms with van der Waals surface area (Å²) >= 11 is 0. The first-order valence-electron chi connectivity index (χ1n) is 5.95. The maximum Gasteiger partial charge on any atom is 0.246 e. The molecule has 1 aromatic carbocycles. The van der Waals surface area contributed by atoms with Crippen LogP contribution in [-0.2, 0) is 14.8 Å². The molecular formula is C12H16N2O4S. The van der Waals surface area contributed by atoms with E-state index >= 15 is 0 Å². The molecule has 1 amide bonds. The maximum absolute atomic E-state index is 12.5. The Morgan fingerprint density at radius 2 is 2.00 bits per heavy atom. The Labute approximate surface area is 112 Å². The molecule has 1 heterocycles. The standard InChI is InChI=1S/C12H16N2O4S/c1-18-10-4-2-3-5-11(10)19(16,17)14-8-6-12(15)13-7-9-14/h2-5H,6-9H2,1H3,(H,13,15). The molecular weight excluding hydrogens is 268 g/mol. The molecule has 19 heavy (non-hydrogen) atoms. The molecule has 2 rings (SSSR count). The Kier molecular flexibility index (Phi) is 4.06. The lowest BCUT2D eigenvalue weighted by Gasteiger charge is -2.20. The number of hydrogen-bond donors (Lipinski definition) is 1. The van der Waals surface area contributed by atoms with E-state index in [0.29, 0.717) is 12.3 Å². The third kappa shape index (κ3) is 2.87. The number of carbonyl (C=O) groups excluding carboxylic acids is 1. The van der Waals surface area contributed by atoms with Gasteiger partial charge in [-0.3, -0.25) is 4.79 Å². The Morgan fingerprint density at radius 3 is 2.74 bits per heavy atom. The van der Waals surface area contributed by atoms with E-state index in [1.165, 1.54) is 17.5 Å². The lowest BCUT2D eigenvalue weighted by atomic mass is 10.3. The quantitative estimate of drug-likeness (QED) is 0.860. The van der Waals surface area contributed by atoms with Gasteiger partial charge in [-0.25, -0.2) is 8.42 Å². The lowest BCUT2D eigenvalue weighted by Crippen LogP contribution is -2.34. The molecule has 0 bridgehead atoms. The van der Waals surface area contributed by atoms with Crippen LogP contribution in [0.3, 0.4) is 0 Å². The van der Waals surface area contributed by atoms with E-state index in [1.807, 2.05) is 0 Å². The monoisotopic (exact) mass is 284 g/mol. The summed E-state index contributed by atoms with van der Waals surface area (Å²) < 4.78 is 31.5. The van der Waals surface area contributed by atoms with Gasteiger partial charge >= 0.3 is 0 Å². The Bertz CT molecular complexity index is 571. The second-order valence-electron chi connectivity index (χ2n) is 4.15. The molecule has 0 unspecified atom stereocenters. The number of nitrogens with one attached hydrogen (secondary N) is 1. The smallest absolute Gasteiger partial charge is 0.246 e. The zero-order valence-corrected chi connectivity index (χ0v) is 11.4. The van der Waals surface area contributed by atoms with E-state index in [-0.39, 0.29) is 30.3 Å². The molecule has 1 aromatic rings. The van der Waals surface area contributed by atoms with Crippen LogP contribution in [0.4, 0.5) is 0 Å². The van der Waals surface area contributed by atoms with Crippen molar-refractivity contribution in [3.63, 3.8) is 0 Å². The molecule has 104 valence electrons. The van der Waals surface area contributed by atoms with Crippen LogP contribution in [0.2, 0.25) is 0 Å². The second-order valence-corrected chi connectivity index (χ2v) is 6.06. The van der Waals surface area contributed by atoms with Gasteiger partial charge in [-0.1, -0.05) is 12.1 Å². The average molecular weight is 284 g/mol. The van der Waals surface area contributed by atoms with Gasteiger partial charge in [0.05, 0.1) is 7.11 Å². The van der Waals surface area contributed by atoms with Gasteiger partial charge in [0.25, 0.3) is 0 Å². The number of para-hydroxylation sites is 1. The predicted octanol–water partition coefficient (Wildman–Crippen LogP) is 0.206. The lowest BCUT2D eigenvalue weighted by molar-refractivity contribution is -0.120. The van der Waals surface area contributed by atoms with E-state index in [2.05, 4.69) is 5.32 Å². The molecule has 0 spiro atoms. The van der Waals surface area contributed by atoms with Gasteiger partial charge in [0.1, 0.15) is 10.6 Å². The van der Waals surface area contributed by atoms with E-state index in [0.717, 1.165) is 0 Å². The number of methoxy groups -OCH3 is 1. The summed E-state index contributed by atoms with van der Waals surface area (Å²) in [4.78, 5) is 11.4. The van der Waals surface area contributed by atoms with Gasteiger partial charge in [-0.05, 0) is 12.1 Å². The van der Waals surface area contributed by atoms with Crippen LogP contribution in [0.5, 0.6) is 5.75 Å². The van der Waals surface area contributed by atoms with E-state index < -0.39 is 10.0 Å². The third-order valence-corrected chi connectivity index (χ3v) is 4.90. The van der Waals surface area contributed by atoms with Crippen molar-refractivity contribution in [2.45, 2.75) is 11.3 Å². The molecule has 1 saturated heterocycles. The number of benzene rings is 1. The van der Waals surface area contributed by atoms with Gasteiger partial charge in [0.15, 0.2) is 0 Å². The number of nitrogens with zero attached hydrogens (tertiary/aromatic N) is 1. The highest BCUT2D eigenvalue weighted by Crippen LogP contribution is 2.26. The van der Waals surface area contributed by atoms with Crippen LogP contribution in [0.15, 0.2) is 29.2 Å². The SMILES string of the molecule is COc1ccccc1S(=O)(=O)N1CCNC(=O)CC1. The topological polar surface area (TPSA) is 75.7 Å². The number of carbonyl (C=O) groups is 1. The Morgan fingerprint density at radius 1 is 1.26 bits per heavy atom. The summed E-state index contributed by atoms with van der Waals surface area (Å²) in [6.45, 7) is 0.783. The molecule has 0 atom stereocenters. The van der Waals surface area contributed by atoms with Crippen LogP contribution in [0, 0.1) is 0 Å². The Hall–Kier alpha value is -1.60. The summed E-state index contributed by atoms with van der Waals surface area (Å²) in [6, 6.07) is 6.48. The molecule has 1 fully saturated rings. The molecule has 0 saturated carbocycles. The zero-order chi connectivity index (χ0) is 13.9. The van der Waals surface area contributed by atoms with E-state index in [9.17, 15) is 13.2 Å². The molecule has 0 radical (unpaired) electrons. The normalized spacial score (nSPS) is 17.6. The van der Waals surface area contributed by atoms with Crippen molar-refractivity contribution in [2.75, 3.05) is 26.7 Å². The molecule has 1 aliphatic heterocycles. The summed E-state index contributed by atoms with van der Waals surface area (Å²) in [5.74, 6) is 0.184. The fraction of sp³-hybridized carbons (Fsp3) is 0.417. The van der Waals surface area contributed by atoms with Crippen molar-refractivity contribution in [1.82, 2.24) is 9.62 Å². The van der Waals surface area contributed by atoms with Gasteiger partial charge in [-0.2, -0.15) is 4.31 Å². The fourth-order valence-electron chi connectivity index (χ4n) is 1.96. The highest BCUT2D eigenvalue weighted by atomic mass is 32.2. The molecule has 1 aliphatic rings. The van der Waals surface area contributed by atoms with Crippen molar-refractivity contribution in [2.24, 2.45) is 0 Å². The molecule has 6 nitrogen and oxygen atoms in total. The number of hydrogen-bond acceptors (Lipinski definition) is 4. The summed E-state index contributed by atoms with van der Waals surface area (Å²) in [5.41, 5.74) is 0. The minimum absolute atomic E-state index is 0.127. The van der Waals surface area contributed by atoms with Crippen LogP contribution >= 0.6 is 0 Å². The molecule has 0 aromatic heterocycles. The van der Waals surface area contributed by atoms with Gasteiger partial charge in [0.2, 0.25) is 15.9 Å². The highest BCUT2D eigenvalue weighted by Gasteiger charge is 2.29. The Balaban J connectivity index is 2.33. The van der Waals surface area contributed by atoms with E-state index in [4.69, 9.17) is 4.74 Å². The fourth-order valence-corrected chi connectivity index (χ4v) is 3.56. The van der Waals surface area contributed by atoms with Crippen molar-refractivity contribution in [3.05, 3.63) is 24.3 Å². The minimum atomic E-state index is -3.64. The first-order chi connectivity index (χ1) is 9.05. The largest absolute Gasteiger partial charge is 0.495 e. The molecule has 7 heteroatoms. The van der Waals surface area contributed by atoms with Crippen LogP contribution in [0.1, 0.15) is 6.42 Å². The van der Waals surface area contributed by atoms with Crippen molar-refractivity contribution >= 4 is 15.9 Å². The number of amides is 1. The number of sulfonamides is 1. The van der Waals surface area contributed by atoms with Crippen molar-refractivity contribution < 1.29 is 17.9 Å². The summed E-state index contributed by atoms with van der Waals surface area (Å²) in [6.07, 6.45) is 0.175. The maximum atomic E-state index is 12.5. The first-order valence-corrected chi connectivity index (χ1v) is 7.39. The van der Waals surface area contributed by atoms with E-state index in [1.54, 1.807) is 18.2 Å².